The second-order valence-electron chi connectivity index (χ2n) is 5.22. The number of para-hydroxylation sites is 2. The van der Waals surface area contributed by atoms with Gasteiger partial charge in [0.1, 0.15) is 5.75 Å². The fourth-order valence-electron chi connectivity index (χ4n) is 2.34. The van der Waals surface area contributed by atoms with Gasteiger partial charge in [-0.05, 0) is 25.0 Å². The van der Waals surface area contributed by atoms with E-state index in [1.165, 1.54) is 18.2 Å². The highest BCUT2D eigenvalue weighted by Crippen LogP contribution is 2.31. The van der Waals surface area contributed by atoms with Gasteiger partial charge in [0.05, 0.1) is 11.2 Å². The molecule has 0 unspecified atom stereocenters. The average Bonchev–Trinajstić information content (AvgIpc) is 2.85. The fourth-order valence-corrected chi connectivity index (χ4v) is 2.34. The molecule has 1 saturated carbocycles. The Morgan fingerprint density at radius 1 is 1.29 bits per heavy atom. The molecule has 0 spiro atoms. The van der Waals surface area contributed by atoms with Gasteiger partial charge in [-0.1, -0.05) is 25.0 Å². The summed E-state index contributed by atoms with van der Waals surface area (Å²) in [7, 11) is 0. The molecule has 0 heterocycles. The number of amides is 1. The van der Waals surface area contributed by atoms with Crippen molar-refractivity contribution in [2.24, 2.45) is 5.73 Å². The van der Waals surface area contributed by atoms with Crippen LogP contribution in [0.1, 0.15) is 25.7 Å². The SMILES string of the molecule is NC1(C(=O)Nc2ccccc2OCC(F)(F)F)CCCC1. The maximum absolute atomic E-state index is 12.2. The van der Waals surface area contributed by atoms with Gasteiger partial charge in [0.25, 0.3) is 0 Å². The molecule has 1 amide bonds. The van der Waals surface area contributed by atoms with Crippen molar-refractivity contribution in [1.82, 2.24) is 0 Å². The third-order valence-electron chi connectivity index (χ3n) is 3.47. The first-order valence-electron chi connectivity index (χ1n) is 6.69. The molecule has 1 aromatic rings. The first-order chi connectivity index (χ1) is 9.80. The molecule has 116 valence electrons. The van der Waals surface area contributed by atoms with Crippen molar-refractivity contribution in [3.63, 3.8) is 0 Å². The second-order valence-corrected chi connectivity index (χ2v) is 5.22. The zero-order valence-electron chi connectivity index (χ0n) is 11.4. The maximum atomic E-state index is 12.2. The number of hydrogen-bond acceptors (Lipinski definition) is 3. The van der Waals surface area contributed by atoms with Crippen molar-refractivity contribution in [3.8, 4) is 5.75 Å². The summed E-state index contributed by atoms with van der Waals surface area (Å²) in [6.45, 7) is -1.41. The van der Waals surface area contributed by atoms with Gasteiger partial charge in [-0.25, -0.2) is 0 Å². The zero-order valence-corrected chi connectivity index (χ0v) is 11.4. The Bertz CT molecular complexity index is 511. The van der Waals surface area contributed by atoms with Gasteiger partial charge in [0, 0.05) is 0 Å². The average molecular weight is 302 g/mol. The van der Waals surface area contributed by atoms with Gasteiger partial charge in [0.2, 0.25) is 5.91 Å². The Morgan fingerprint density at radius 2 is 1.90 bits per heavy atom. The zero-order chi connectivity index (χ0) is 15.5. The molecule has 4 nitrogen and oxygen atoms in total. The van der Waals surface area contributed by atoms with Crippen molar-refractivity contribution in [3.05, 3.63) is 24.3 Å². The largest absolute Gasteiger partial charge is 0.482 e. The van der Waals surface area contributed by atoms with Gasteiger partial charge in [-0.3, -0.25) is 4.79 Å². The van der Waals surface area contributed by atoms with E-state index < -0.39 is 18.3 Å². The number of benzene rings is 1. The summed E-state index contributed by atoms with van der Waals surface area (Å²) < 4.78 is 41.3. The van der Waals surface area contributed by atoms with Crippen LogP contribution in [-0.4, -0.2) is 24.2 Å². The van der Waals surface area contributed by atoms with Gasteiger partial charge in [0.15, 0.2) is 6.61 Å². The van der Waals surface area contributed by atoms with E-state index in [-0.39, 0.29) is 17.3 Å². The van der Waals surface area contributed by atoms with Crippen LogP contribution in [0.25, 0.3) is 0 Å². The molecule has 1 aliphatic rings. The predicted octanol–water partition coefficient (Wildman–Crippen LogP) is 2.84. The number of halogens is 3. The summed E-state index contributed by atoms with van der Waals surface area (Å²) in [5.74, 6) is -0.409. The van der Waals surface area contributed by atoms with Crippen LogP contribution in [0.5, 0.6) is 5.75 Å². The van der Waals surface area contributed by atoms with Gasteiger partial charge in [-0.15, -0.1) is 0 Å². The Balaban J connectivity index is 2.07. The third-order valence-corrected chi connectivity index (χ3v) is 3.47. The molecule has 3 N–H and O–H groups in total. The number of alkyl halides is 3. The first kappa shape index (κ1) is 15.6. The molecule has 0 radical (unpaired) electrons. The summed E-state index contributed by atoms with van der Waals surface area (Å²) in [5, 5.41) is 2.57. The number of nitrogens with one attached hydrogen (secondary N) is 1. The van der Waals surface area contributed by atoms with Crippen molar-refractivity contribution in [2.45, 2.75) is 37.4 Å². The minimum absolute atomic E-state index is 0.0234. The smallest absolute Gasteiger partial charge is 0.422 e. The van der Waals surface area contributed by atoms with E-state index in [0.29, 0.717) is 12.8 Å². The fraction of sp³-hybridized carbons (Fsp3) is 0.500. The molecule has 21 heavy (non-hydrogen) atoms. The molecule has 2 rings (SSSR count). The highest BCUT2D eigenvalue weighted by molar-refractivity contribution is 5.99. The monoisotopic (exact) mass is 302 g/mol. The molecule has 1 aliphatic carbocycles. The number of hydrogen-bond donors (Lipinski definition) is 2. The van der Waals surface area contributed by atoms with Crippen LogP contribution in [-0.2, 0) is 4.79 Å². The second kappa shape index (κ2) is 5.93. The number of carbonyl (C=O) groups is 1. The van der Waals surface area contributed by atoms with E-state index in [9.17, 15) is 18.0 Å². The molecule has 0 aromatic heterocycles. The van der Waals surface area contributed by atoms with E-state index in [1.807, 2.05) is 0 Å². The molecule has 0 saturated heterocycles. The molecule has 0 aliphatic heterocycles. The van der Waals surface area contributed by atoms with Crippen LogP contribution >= 0.6 is 0 Å². The van der Waals surface area contributed by atoms with E-state index in [1.54, 1.807) is 6.07 Å². The van der Waals surface area contributed by atoms with Gasteiger partial charge < -0.3 is 15.8 Å². The van der Waals surface area contributed by atoms with Crippen LogP contribution in [0.15, 0.2) is 24.3 Å². The van der Waals surface area contributed by atoms with E-state index in [4.69, 9.17) is 10.5 Å². The molecule has 7 heteroatoms. The first-order valence-corrected chi connectivity index (χ1v) is 6.69. The standard InChI is InChI=1S/C14H17F3N2O2/c15-14(16,17)9-21-11-6-2-1-5-10(11)19-12(20)13(18)7-3-4-8-13/h1-2,5-6H,3-4,7-9,18H2,(H,19,20). The molecule has 0 bridgehead atoms. The van der Waals surface area contributed by atoms with Crippen LogP contribution in [0.3, 0.4) is 0 Å². The highest BCUT2D eigenvalue weighted by Gasteiger charge is 2.37. The molecular weight excluding hydrogens is 285 g/mol. The Morgan fingerprint density at radius 3 is 2.52 bits per heavy atom. The quantitative estimate of drug-likeness (QED) is 0.899. The van der Waals surface area contributed by atoms with Gasteiger partial charge in [-0.2, -0.15) is 13.2 Å². The van der Waals surface area contributed by atoms with Crippen LogP contribution < -0.4 is 15.8 Å². The molecule has 1 aromatic carbocycles. The highest BCUT2D eigenvalue weighted by atomic mass is 19.4. The Hall–Kier alpha value is -1.76. The number of nitrogens with two attached hydrogens (primary N) is 1. The summed E-state index contributed by atoms with van der Waals surface area (Å²) in [4.78, 5) is 12.2. The lowest BCUT2D eigenvalue weighted by Crippen LogP contribution is -2.48. The van der Waals surface area contributed by atoms with E-state index in [0.717, 1.165) is 12.8 Å². The number of anilines is 1. The van der Waals surface area contributed by atoms with Crippen molar-refractivity contribution >= 4 is 11.6 Å². The summed E-state index contributed by atoms with van der Waals surface area (Å²) in [5.41, 5.74) is 5.26. The number of rotatable bonds is 4. The lowest BCUT2D eigenvalue weighted by atomic mass is 9.98. The summed E-state index contributed by atoms with van der Waals surface area (Å²) in [6.07, 6.45) is -1.54. The lowest BCUT2D eigenvalue weighted by Gasteiger charge is -2.23. The van der Waals surface area contributed by atoms with Crippen LogP contribution in [0, 0.1) is 0 Å². The lowest BCUT2D eigenvalue weighted by molar-refractivity contribution is -0.153. The Labute approximate surface area is 120 Å². The maximum Gasteiger partial charge on any atom is 0.422 e. The molecule has 1 fully saturated rings. The number of ether oxygens (including phenoxy) is 1. The minimum Gasteiger partial charge on any atom is -0.482 e. The van der Waals surface area contributed by atoms with Gasteiger partial charge >= 0.3 is 6.18 Å². The van der Waals surface area contributed by atoms with Crippen molar-refractivity contribution in [2.75, 3.05) is 11.9 Å². The normalized spacial score (nSPS) is 17.5. The molecular formula is C14H17F3N2O2. The molecule has 0 atom stereocenters. The van der Waals surface area contributed by atoms with E-state index >= 15 is 0 Å². The number of carbonyl (C=O) groups excluding carboxylic acids is 1. The van der Waals surface area contributed by atoms with Crippen LogP contribution in [0.4, 0.5) is 18.9 Å². The minimum atomic E-state index is -4.43. The summed E-state index contributed by atoms with van der Waals surface area (Å²) >= 11 is 0. The predicted molar refractivity (Wildman–Crippen MR) is 72.0 cm³/mol. The van der Waals surface area contributed by atoms with Crippen molar-refractivity contribution in [1.29, 1.82) is 0 Å². The summed E-state index contributed by atoms with van der Waals surface area (Å²) in [6, 6.07) is 6.00. The van der Waals surface area contributed by atoms with Crippen molar-refractivity contribution < 1.29 is 22.7 Å². The third kappa shape index (κ3) is 4.10. The van der Waals surface area contributed by atoms with Crippen LogP contribution in [0.2, 0.25) is 0 Å². The topological polar surface area (TPSA) is 64.4 Å². The van der Waals surface area contributed by atoms with E-state index in [2.05, 4.69) is 5.32 Å². The Kier molecular flexibility index (Phi) is 4.41.